The van der Waals surface area contributed by atoms with Gasteiger partial charge in [0.1, 0.15) is 18.7 Å². The number of carbonyl (C=O) groups excluding carboxylic acids is 1. The van der Waals surface area contributed by atoms with Crippen LogP contribution in [0.25, 0.3) is 16.8 Å². The number of hydrogen-bond donors (Lipinski definition) is 2. The highest BCUT2D eigenvalue weighted by Crippen LogP contribution is 2.37. The molecule has 146 valence electrons. The smallest absolute Gasteiger partial charge is 0.272 e. The van der Waals surface area contributed by atoms with Crippen LogP contribution >= 0.6 is 0 Å². The first kappa shape index (κ1) is 18.1. The van der Waals surface area contributed by atoms with Crippen LogP contribution in [0.2, 0.25) is 0 Å². The number of amides is 1. The van der Waals surface area contributed by atoms with Crippen molar-refractivity contribution in [2.45, 2.75) is 26.3 Å². The van der Waals surface area contributed by atoms with Gasteiger partial charge in [-0.25, -0.2) is 4.39 Å². The Labute approximate surface area is 160 Å². The quantitative estimate of drug-likeness (QED) is 0.723. The van der Waals surface area contributed by atoms with Crippen LogP contribution in [0.15, 0.2) is 35.4 Å². The minimum Gasteiger partial charge on any atom is -0.486 e. The lowest BCUT2D eigenvalue weighted by atomic mass is 10.1. The van der Waals surface area contributed by atoms with Gasteiger partial charge in [0, 0.05) is 24.0 Å². The lowest BCUT2D eigenvalue weighted by Crippen LogP contribution is -2.31. The molecule has 28 heavy (non-hydrogen) atoms. The van der Waals surface area contributed by atoms with Crippen molar-refractivity contribution in [3.63, 3.8) is 0 Å². The van der Waals surface area contributed by atoms with E-state index in [9.17, 15) is 14.0 Å². The third-order valence-electron chi connectivity index (χ3n) is 4.79. The van der Waals surface area contributed by atoms with Crippen molar-refractivity contribution in [2.75, 3.05) is 13.2 Å². The number of carbonyl (C=O) groups is 1. The summed E-state index contributed by atoms with van der Waals surface area (Å²) in [6, 6.07) is 4.67. The molecule has 1 atom stereocenters. The number of aromatic amines is 1. The maximum atomic E-state index is 14.9. The fraction of sp³-hybridized carbons (Fsp3) is 0.300. The molecule has 0 aliphatic carbocycles. The summed E-state index contributed by atoms with van der Waals surface area (Å²) >= 11 is 0. The molecule has 3 heterocycles. The molecule has 1 aromatic carbocycles. The highest BCUT2D eigenvalue weighted by molar-refractivity contribution is 5.95. The molecule has 0 bridgehead atoms. The number of hydrogen-bond acceptors (Lipinski definition) is 4. The summed E-state index contributed by atoms with van der Waals surface area (Å²) in [5.41, 5.74) is 0.704. The molecule has 7 nitrogen and oxygen atoms in total. The molecule has 2 N–H and O–H groups in total. The normalized spacial score (nSPS) is 14.1. The molecular formula is C20H20FN3O4. The van der Waals surface area contributed by atoms with Crippen molar-refractivity contribution in [1.82, 2.24) is 14.7 Å². The number of rotatable bonds is 4. The zero-order valence-electron chi connectivity index (χ0n) is 15.5. The van der Waals surface area contributed by atoms with Gasteiger partial charge in [-0.15, -0.1) is 0 Å². The highest BCUT2D eigenvalue weighted by atomic mass is 19.1. The molecule has 0 radical (unpaired) electrons. The molecule has 1 aliphatic heterocycles. The third kappa shape index (κ3) is 3.11. The molecular weight excluding hydrogens is 365 g/mol. The maximum Gasteiger partial charge on any atom is 0.272 e. The van der Waals surface area contributed by atoms with Crippen molar-refractivity contribution >= 4 is 11.4 Å². The number of nitrogens with one attached hydrogen (secondary N) is 2. The van der Waals surface area contributed by atoms with Gasteiger partial charge in [-0.3, -0.25) is 9.59 Å². The van der Waals surface area contributed by atoms with Crippen LogP contribution in [0.5, 0.6) is 11.5 Å². The lowest BCUT2D eigenvalue weighted by molar-refractivity contribution is 0.0939. The van der Waals surface area contributed by atoms with Gasteiger partial charge >= 0.3 is 0 Å². The number of ether oxygens (including phenoxy) is 2. The van der Waals surface area contributed by atoms with Crippen LogP contribution in [0.4, 0.5) is 4.39 Å². The molecule has 8 heteroatoms. The van der Waals surface area contributed by atoms with E-state index in [4.69, 9.17) is 9.47 Å². The van der Waals surface area contributed by atoms with E-state index >= 15 is 0 Å². The van der Waals surface area contributed by atoms with Gasteiger partial charge in [0.05, 0.1) is 11.3 Å². The van der Waals surface area contributed by atoms with Gasteiger partial charge < -0.3 is 24.2 Å². The van der Waals surface area contributed by atoms with Crippen molar-refractivity contribution in [3.8, 4) is 22.8 Å². The highest BCUT2D eigenvalue weighted by Gasteiger charge is 2.21. The van der Waals surface area contributed by atoms with Gasteiger partial charge in [-0.05, 0) is 31.5 Å². The van der Waals surface area contributed by atoms with E-state index in [1.807, 2.05) is 13.8 Å². The number of halogens is 1. The summed E-state index contributed by atoms with van der Waals surface area (Å²) in [5, 5.41) is 2.86. The van der Waals surface area contributed by atoms with Gasteiger partial charge in [0.2, 0.25) is 0 Å². The maximum absolute atomic E-state index is 14.9. The van der Waals surface area contributed by atoms with Crippen LogP contribution in [-0.4, -0.2) is 34.5 Å². The van der Waals surface area contributed by atoms with E-state index in [-0.39, 0.29) is 35.6 Å². The number of benzene rings is 1. The Balaban J connectivity index is 1.76. The summed E-state index contributed by atoms with van der Waals surface area (Å²) in [6.07, 6.45) is 3.93. The lowest BCUT2D eigenvalue weighted by Gasteiger charge is -2.19. The summed E-state index contributed by atoms with van der Waals surface area (Å²) in [4.78, 5) is 27.5. The van der Waals surface area contributed by atoms with Crippen molar-refractivity contribution in [3.05, 3.63) is 52.3 Å². The fourth-order valence-corrected chi connectivity index (χ4v) is 3.09. The van der Waals surface area contributed by atoms with Crippen molar-refractivity contribution < 1.29 is 18.7 Å². The molecule has 2 aromatic heterocycles. The molecule has 1 aliphatic rings. The Bertz CT molecular complexity index is 1120. The van der Waals surface area contributed by atoms with Crippen molar-refractivity contribution in [2.24, 2.45) is 0 Å². The average molecular weight is 385 g/mol. The van der Waals surface area contributed by atoms with E-state index < -0.39 is 11.4 Å². The fourth-order valence-electron chi connectivity index (χ4n) is 3.09. The summed E-state index contributed by atoms with van der Waals surface area (Å²) < 4.78 is 27.1. The van der Waals surface area contributed by atoms with Crippen molar-refractivity contribution in [1.29, 1.82) is 0 Å². The van der Waals surface area contributed by atoms with Crippen LogP contribution < -0.4 is 20.3 Å². The number of H-pyrrole nitrogens is 1. The Morgan fingerprint density at radius 1 is 1.32 bits per heavy atom. The Morgan fingerprint density at radius 2 is 2.11 bits per heavy atom. The van der Waals surface area contributed by atoms with Gasteiger partial charge in [-0.2, -0.15) is 0 Å². The van der Waals surface area contributed by atoms with Gasteiger partial charge in [-0.1, -0.05) is 6.92 Å². The molecule has 0 spiro atoms. The topological polar surface area (TPSA) is 84.8 Å². The van der Waals surface area contributed by atoms with Crippen LogP contribution in [-0.2, 0) is 0 Å². The van der Waals surface area contributed by atoms with Crippen LogP contribution in [0, 0.1) is 5.82 Å². The Kier molecular flexibility index (Phi) is 4.54. The standard InChI is InChI=1S/C20H20FN3O4/c1-3-11(2)22-19(25)12-8-15-20(26)23-14(10-24(15)9-12)13-4-5-16-18(17(13)21)28-7-6-27-16/h4-5,8-11H,3,6-7H2,1-2H3,(H,22,25)(H,23,26)/t11-/m0/s1. The van der Waals surface area contributed by atoms with Gasteiger partial charge in [0.15, 0.2) is 17.3 Å². The number of fused-ring (bicyclic) bond motifs is 2. The second-order valence-corrected chi connectivity index (χ2v) is 6.75. The van der Waals surface area contributed by atoms with Crippen LogP contribution in [0.1, 0.15) is 30.6 Å². The predicted octanol–water partition coefficient (Wildman–Crippen LogP) is 2.73. The number of nitrogens with zero attached hydrogens (tertiary/aromatic N) is 1. The zero-order valence-corrected chi connectivity index (χ0v) is 15.5. The first-order valence-electron chi connectivity index (χ1n) is 9.12. The average Bonchev–Trinajstić information content (AvgIpc) is 3.13. The van der Waals surface area contributed by atoms with Gasteiger partial charge in [0.25, 0.3) is 11.5 Å². The first-order valence-corrected chi connectivity index (χ1v) is 9.12. The molecule has 0 fully saturated rings. The minimum absolute atomic E-state index is 0.0242. The zero-order chi connectivity index (χ0) is 19.8. The molecule has 0 saturated carbocycles. The second kappa shape index (κ2) is 7.03. The summed E-state index contributed by atoms with van der Waals surface area (Å²) in [6.45, 7) is 4.50. The van der Waals surface area contributed by atoms with E-state index in [1.165, 1.54) is 16.5 Å². The SMILES string of the molecule is CC[C@H](C)NC(=O)c1cc2c(=O)[nH]c(-c3ccc4c(c3F)OCCO4)cn2c1. The molecule has 0 unspecified atom stereocenters. The molecule has 0 saturated heterocycles. The van der Waals surface area contributed by atoms with E-state index in [2.05, 4.69) is 10.3 Å². The minimum atomic E-state index is -0.603. The predicted molar refractivity (Wildman–Crippen MR) is 102 cm³/mol. The molecule has 1 amide bonds. The largest absolute Gasteiger partial charge is 0.486 e. The summed E-state index contributed by atoms with van der Waals surface area (Å²) in [7, 11) is 0. The Morgan fingerprint density at radius 3 is 2.89 bits per heavy atom. The van der Waals surface area contributed by atoms with E-state index in [0.29, 0.717) is 23.4 Å². The number of aromatic nitrogens is 2. The van der Waals surface area contributed by atoms with E-state index in [0.717, 1.165) is 6.42 Å². The monoisotopic (exact) mass is 385 g/mol. The Hall–Kier alpha value is -3.29. The molecule has 4 rings (SSSR count). The van der Waals surface area contributed by atoms with E-state index in [1.54, 1.807) is 18.5 Å². The third-order valence-corrected chi connectivity index (χ3v) is 4.79. The first-order chi connectivity index (χ1) is 13.5. The summed E-state index contributed by atoms with van der Waals surface area (Å²) in [5.74, 6) is -0.495. The molecule has 3 aromatic rings. The second-order valence-electron chi connectivity index (χ2n) is 6.75. The van der Waals surface area contributed by atoms with Crippen LogP contribution in [0.3, 0.4) is 0 Å².